The van der Waals surface area contributed by atoms with Gasteiger partial charge in [-0.1, -0.05) is 0 Å². The summed E-state index contributed by atoms with van der Waals surface area (Å²) in [5.74, 6) is -3.59. The van der Waals surface area contributed by atoms with Crippen LogP contribution in [0.2, 0.25) is 0 Å². The molecule has 0 saturated carbocycles. The maximum Gasteiger partial charge on any atom is 0.184 e. The van der Waals surface area contributed by atoms with Gasteiger partial charge in [0.1, 0.15) is 26.4 Å². The Balaban J connectivity index is 3.02. The third-order valence-corrected chi connectivity index (χ3v) is 5.13. The molecule has 9 heteroatoms. The van der Waals surface area contributed by atoms with Crippen molar-refractivity contribution in [3.05, 3.63) is 23.8 Å². The summed E-state index contributed by atoms with van der Waals surface area (Å²) in [6.07, 6.45) is 0.717. The second-order valence-corrected chi connectivity index (χ2v) is 8.42. The molecule has 0 fully saturated rings. The fraction of sp³-hybridized carbons (Fsp3) is 0.400. The van der Waals surface area contributed by atoms with Crippen molar-refractivity contribution in [2.24, 2.45) is 0 Å². The molecule has 0 unspecified atom stereocenters. The Morgan fingerprint density at radius 3 is 1.95 bits per heavy atom. The van der Waals surface area contributed by atoms with E-state index in [1.54, 1.807) is 0 Å². The zero-order valence-corrected chi connectivity index (χ0v) is 11.7. The molecule has 0 aliphatic heterocycles. The van der Waals surface area contributed by atoms with Crippen LogP contribution in [0.1, 0.15) is 6.42 Å². The number of hydrogen-bond acceptors (Lipinski definition) is 5. The van der Waals surface area contributed by atoms with Crippen molar-refractivity contribution in [3.63, 3.8) is 0 Å². The first-order chi connectivity index (χ1) is 8.53. The van der Waals surface area contributed by atoms with E-state index in [1.807, 2.05) is 0 Å². The fourth-order valence-electron chi connectivity index (χ4n) is 1.49. The van der Waals surface area contributed by atoms with Gasteiger partial charge in [-0.05, 0) is 18.6 Å². The number of benzene rings is 1. The molecule has 108 valence electrons. The maximum atomic E-state index is 13.5. The van der Waals surface area contributed by atoms with Gasteiger partial charge in [-0.25, -0.2) is 25.6 Å². The average molecular weight is 313 g/mol. The maximum absolute atomic E-state index is 13.5. The van der Waals surface area contributed by atoms with Crippen molar-refractivity contribution in [1.29, 1.82) is 0 Å². The monoisotopic (exact) mass is 313 g/mol. The number of rotatable bonds is 5. The van der Waals surface area contributed by atoms with Crippen LogP contribution in [0.3, 0.4) is 0 Å². The van der Waals surface area contributed by atoms with E-state index in [1.165, 1.54) is 0 Å². The third kappa shape index (κ3) is 4.43. The standard InChI is InChI=1S/C10H13F2NO4S2/c1-18(14,15)3-2-4-19(16,17)10-8(11)5-7(13)6-9(10)12/h5-6H,2-4,13H2,1H3. The highest BCUT2D eigenvalue weighted by molar-refractivity contribution is 7.92. The smallest absolute Gasteiger partial charge is 0.184 e. The SMILES string of the molecule is CS(=O)(=O)CCCS(=O)(=O)c1c(F)cc(N)cc1F. The Bertz CT molecular complexity index is 660. The van der Waals surface area contributed by atoms with Crippen LogP contribution in [0.15, 0.2) is 17.0 Å². The highest BCUT2D eigenvalue weighted by Gasteiger charge is 2.24. The van der Waals surface area contributed by atoms with Crippen LogP contribution in [0.4, 0.5) is 14.5 Å². The van der Waals surface area contributed by atoms with Gasteiger partial charge in [-0.2, -0.15) is 0 Å². The third-order valence-electron chi connectivity index (χ3n) is 2.26. The molecule has 0 saturated heterocycles. The summed E-state index contributed by atoms with van der Waals surface area (Å²) in [6.45, 7) is 0. The van der Waals surface area contributed by atoms with Crippen LogP contribution >= 0.6 is 0 Å². The molecule has 0 bridgehead atoms. The number of sulfone groups is 2. The molecule has 0 aromatic heterocycles. The first-order valence-electron chi connectivity index (χ1n) is 5.18. The molecule has 0 spiro atoms. The molecule has 1 aromatic rings. The van der Waals surface area contributed by atoms with Crippen LogP contribution in [-0.2, 0) is 19.7 Å². The van der Waals surface area contributed by atoms with Gasteiger partial charge in [0.15, 0.2) is 9.84 Å². The van der Waals surface area contributed by atoms with E-state index in [4.69, 9.17) is 5.73 Å². The summed E-state index contributed by atoms with van der Waals surface area (Å²) in [4.78, 5) is -1.07. The molecule has 2 N–H and O–H groups in total. The van der Waals surface area contributed by atoms with E-state index in [0.29, 0.717) is 12.1 Å². The second-order valence-electron chi connectivity index (χ2n) is 4.12. The summed E-state index contributed by atoms with van der Waals surface area (Å²) >= 11 is 0. The summed E-state index contributed by atoms with van der Waals surface area (Å²) < 4.78 is 72.2. The number of anilines is 1. The first-order valence-corrected chi connectivity index (χ1v) is 8.89. The van der Waals surface area contributed by atoms with Gasteiger partial charge < -0.3 is 5.73 Å². The van der Waals surface area contributed by atoms with Crippen LogP contribution < -0.4 is 5.73 Å². The lowest BCUT2D eigenvalue weighted by Gasteiger charge is -2.07. The number of halogens is 2. The van der Waals surface area contributed by atoms with Gasteiger partial charge in [0, 0.05) is 11.9 Å². The molecule has 0 amide bonds. The molecule has 0 heterocycles. The predicted octanol–water partition coefficient (Wildman–Crippen LogP) is 0.755. The van der Waals surface area contributed by atoms with Gasteiger partial charge in [0.2, 0.25) is 0 Å². The van der Waals surface area contributed by atoms with Crippen molar-refractivity contribution >= 4 is 25.4 Å². The van der Waals surface area contributed by atoms with E-state index in [0.717, 1.165) is 6.26 Å². The molecular formula is C10H13F2NO4S2. The van der Waals surface area contributed by atoms with Gasteiger partial charge >= 0.3 is 0 Å². The average Bonchev–Trinajstić information content (AvgIpc) is 2.11. The number of nitrogens with two attached hydrogens (primary N) is 1. The van der Waals surface area contributed by atoms with E-state index >= 15 is 0 Å². The van der Waals surface area contributed by atoms with Crippen LogP contribution in [0.25, 0.3) is 0 Å². The lowest BCUT2D eigenvalue weighted by molar-refractivity contribution is 0.520. The van der Waals surface area contributed by atoms with E-state index < -0.39 is 42.0 Å². The summed E-state index contributed by atoms with van der Waals surface area (Å²) in [5.41, 5.74) is 4.94. The Labute approximate surface area is 110 Å². The normalized spacial score (nSPS) is 12.6. The van der Waals surface area contributed by atoms with Gasteiger partial charge in [0.05, 0.1) is 11.5 Å². The fourth-order valence-corrected chi connectivity index (χ4v) is 3.78. The first kappa shape index (κ1) is 15.8. The lowest BCUT2D eigenvalue weighted by atomic mass is 10.3. The minimum Gasteiger partial charge on any atom is -0.399 e. The molecule has 19 heavy (non-hydrogen) atoms. The van der Waals surface area contributed by atoms with Crippen LogP contribution in [0.5, 0.6) is 0 Å². The van der Waals surface area contributed by atoms with E-state index in [2.05, 4.69) is 0 Å². The quantitative estimate of drug-likeness (QED) is 0.810. The van der Waals surface area contributed by atoms with Crippen molar-refractivity contribution in [2.75, 3.05) is 23.5 Å². The highest BCUT2D eigenvalue weighted by Crippen LogP contribution is 2.23. The van der Waals surface area contributed by atoms with E-state index in [9.17, 15) is 25.6 Å². The summed E-state index contributed by atoms with van der Waals surface area (Å²) in [6, 6.07) is 1.40. The Hall–Kier alpha value is -1.22. The zero-order valence-electron chi connectivity index (χ0n) is 10.1. The predicted molar refractivity (Wildman–Crippen MR) is 67.2 cm³/mol. The highest BCUT2D eigenvalue weighted by atomic mass is 32.2. The van der Waals surface area contributed by atoms with Crippen molar-refractivity contribution in [2.45, 2.75) is 11.3 Å². The minimum atomic E-state index is -4.23. The molecule has 0 aliphatic carbocycles. The number of nitrogen functional groups attached to an aromatic ring is 1. The van der Waals surface area contributed by atoms with Crippen LogP contribution in [0, 0.1) is 11.6 Å². The van der Waals surface area contributed by atoms with E-state index in [-0.39, 0.29) is 17.9 Å². The molecular weight excluding hydrogens is 300 g/mol. The Morgan fingerprint density at radius 1 is 1.05 bits per heavy atom. The Morgan fingerprint density at radius 2 is 1.53 bits per heavy atom. The van der Waals surface area contributed by atoms with Crippen molar-refractivity contribution in [3.8, 4) is 0 Å². The summed E-state index contributed by atoms with van der Waals surface area (Å²) in [7, 11) is -7.56. The summed E-state index contributed by atoms with van der Waals surface area (Å²) in [5, 5.41) is 0. The van der Waals surface area contributed by atoms with Gasteiger partial charge in [-0.15, -0.1) is 0 Å². The van der Waals surface area contributed by atoms with Crippen LogP contribution in [-0.4, -0.2) is 34.6 Å². The molecule has 5 nitrogen and oxygen atoms in total. The molecule has 1 aromatic carbocycles. The largest absolute Gasteiger partial charge is 0.399 e. The molecule has 1 rings (SSSR count). The number of hydrogen-bond donors (Lipinski definition) is 1. The zero-order chi connectivity index (χ0) is 14.8. The Kier molecular flexibility index (Phi) is 4.51. The van der Waals surface area contributed by atoms with Gasteiger partial charge in [0.25, 0.3) is 0 Å². The minimum absolute atomic E-state index is 0.231. The van der Waals surface area contributed by atoms with Crippen molar-refractivity contribution in [1.82, 2.24) is 0 Å². The second kappa shape index (κ2) is 5.41. The molecule has 0 radical (unpaired) electrons. The lowest BCUT2D eigenvalue weighted by Crippen LogP contribution is -2.15. The van der Waals surface area contributed by atoms with Gasteiger partial charge in [-0.3, -0.25) is 0 Å². The molecule has 0 atom stereocenters. The topological polar surface area (TPSA) is 94.3 Å². The van der Waals surface area contributed by atoms with Crippen molar-refractivity contribution < 1.29 is 25.6 Å². The molecule has 0 aliphatic rings.